The summed E-state index contributed by atoms with van der Waals surface area (Å²) < 4.78 is 12.7. The van der Waals surface area contributed by atoms with E-state index in [0.717, 1.165) is 11.5 Å². The molecule has 1 aliphatic heterocycles. The summed E-state index contributed by atoms with van der Waals surface area (Å²) in [6, 6.07) is 56.8. The molecule has 0 spiro atoms. The van der Waals surface area contributed by atoms with E-state index in [0.29, 0.717) is 6.61 Å². The first kappa shape index (κ1) is 27.6. The molecule has 4 heteroatoms. The van der Waals surface area contributed by atoms with E-state index >= 15 is 0 Å². The van der Waals surface area contributed by atoms with Crippen LogP contribution in [0.15, 0.2) is 158 Å². The fraction of sp³-hybridized carbons (Fsp3) is 0.0769. The fourth-order valence-corrected chi connectivity index (χ4v) is 11.2. The van der Waals surface area contributed by atoms with Gasteiger partial charge in [-0.25, -0.2) is 0 Å². The summed E-state index contributed by atoms with van der Waals surface area (Å²) in [7, 11) is 0.146. The Balaban J connectivity index is 1.46. The molecule has 0 unspecified atom stereocenters. The monoisotopic (exact) mass is 594 g/mol. The first-order chi connectivity index (χ1) is 21.3. The van der Waals surface area contributed by atoms with Crippen molar-refractivity contribution in [2.75, 3.05) is 13.7 Å². The van der Waals surface area contributed by atoms with Crippen molar-refractivity contribution in [1.29, 1.82) is 0 Å². The van der Waals surface area contributed by atoms with Gasteiger partial charge >= 0.3 is 0 Å². The van der Waals surface area contributed by atoms with E-state index in [2.05, 4.69) is 158 Å². The van der Waals surface area contributed by atoms with Crippen LogP contribution in [0.2, 0.25) is 0 Å². The van der Waals surface area contributed by atoms with Crippen LogP contribution < -0.4 is 41.3 Å². The Labute approximate surface area is 256 Å². The molecule has 210 valence electrons. The molecule has 7 rings (SSSR count). The highest BCUT2D eigenvalue weighted by Gasteiger charge is 2.36. The van der Waals surface area contributed by atoms with Gasteiger partial charge in [0.15, 0.2) is 0 Å². The molecular formula is C39H32O2P2. The molecule has 0 saturated carbocycles. The van der Waals surface area contributed by atoms with Crippen LogP contribution in [0.25, 0.3) is 0 Å². The van der Waals surface area contributed by atoms with Gasteiger partial charge in [-0.3, -0.25) is 0 Å². The lowest BCUT2D eigenvalue weighted by atomic mass is 9.92. The summed E-state index contributed by atoms with van der Waals surface area (Å²) in [6.45, 7) is 0.583. The van der Waals surface area contributed by atoms with Crippen LogP contribution in [-0.4, -0.2) is 13.7 Å². The van der Waals surface area contributed by atoms with Gasteiger partial charge in [-0.2, -0.15) is 0 Å². The number of hydrogen-bond donors (Lipinski definition) is 0. The molecule has 6 aromatic rings. The van der Waals surface area contributed by atoms with Crippen molar-refractivity contribution in [1.82, 2.24) is 0 Å². The number of fused-ring (bicyclic) bond motifs is 1. The molecule has 0 N–H and O–H groups in total. The largest absolute Gasteiger partial charge is 0.496 e. The highest BCUT2D eigenvalue weighted by atomic mass is 31.1. The number of ether oxygens (including phenoxy) is 2. The van der Waals surface area contributed by atoms with E-state index in [1.807, 2.05) is 0 Å². The summed E-state index contributed by atoms with van der Waals surface area (Å²) in [5.74, 6) is 1.92. The van der Waals surface area contributed by atoms with Crippen molar-refractivity contribution in [3.8, 4) is 11.5 Å². The molecule has 0 amide bonds. The Kier molecular flexibility index (Phi) is 8.07. The van der Waals surface area contributed by atoms with Gasteiger partial charge in [-0.15, -0.1) is 0 Å². The SMILES string of the molecule is COc1cccc(P(c2ccccc2)c2ccccc2)c1[C@H]1COc2cccc(P(c3ccccc3)c3ccccc3)c21. The van der Waals surface area contributed by atoms with Crippen LogP contribution >= 0.6 is 15.8 Å². The molecule has 0 aliphatic carbocycles. The molecule has 2 nitrogen and oxygen atoms in total. The van der Waals surface area contributed by atoms with Crippen LogP contribution in [0.4, 0.5) is 0 Å². The van der Waals surface area contributed by atoms with Gasteiger partial charge in [0.25, 0.3) is 0 Å². The Morgan fingerprint density at radius 2 is 0.907 bits per heavy atom. The zero-order chi connectivity index (χ0) is 29.0. The molecule has 1 atom stereocenters. The van der Waals surface area contributed by atoms with Gasteiger partial charge in [0.1, 0.15) is 11.5 Å². The molecular weight excluding hydrogens is 562 g/mol. The van der Waals surface area contributed by atoms with Crippen LogP contribution in [-0.2, 0) is 0 Å². The Morgan fingerprint density at radius 1 is 0.488 bits per heavy atom. The molecule has 0 aromatic heterocycles. The minimum atomic E-state index is -0.837. The minimum absolute atomic E-state index is 0.0344. The van der Waals surface area contributed by atoms with Crippen LogP contribution in [0.1, 0.15) is 17.0 Å². The third kappa shape index (κ3) is 5.38. The first-order valence-electron chi connectivity index (χ1n) is 14.6. The van der Waals surface area contributed by atoms with Crippen molar-refractivity contribution in [3.63, 3.8) is 0 Å². The second kappa shape index (κ2) is 12.6. The lowest BCUT2D eigenvalue weighted by Gasteiger charge is -2.28. The van der Waals surface area contributed by atoms with Gasteiger partial charge in [0.2, 0.25) is 0 Å². The highest BCUT2D eigenvalue weighted by Crippen LogP contribution is 2.48. The Hall–Kier alpha value is -4.22. The molecule has 1 heterocycles. The maximum absolute atomic E-state index is 6.54. The van der Waals surface area contributed by atoms with E-state index in [1.54, 1.807) is 7.11 Å². The lowest BCUT2D eigenvalue weighted by molar-refractivity contribution is 0.338. The van der Waals surface area contributed by atoms with Crippen LogP contribution in [0.5, 0.6) is 11.5 Å². The highest BCUT2D eigenvalue weighted by molar-refractivity contribution is 7.80. The van der Waals surface area contributed by atoms with Crippen molar-refractivity contribution in [2.24, 2.45) is 0 Å². The van der Waals surface area contributed by atoms with Gasteiger partial charge in [-0.05, 0) is 59.8 Å². The van der Waals surface area contributed by atoms with E-state index in [4.69, 9.17) is 9.47 Å². The average Bonchev–Trinajstić information content (AvgIpc) is 3.51. The summed E-state index contributed by atoms with van der Waals surface area (Å²) >= 11 is 0. The van der Waals surface area contributed by atoms with E-state index in [9.17, 15) is 0 Å². The maximum Gasteiger partial charge on any atom is 0.123 e. The summed E-state index contributed by atoms with van der Waals surface area (Å²) in [5, 5.41) is 7.96. The second-order valence-corrected chi connectivity index (χ2v) is 14.8. The zero-order valence-corrected chi connectivity index (χ0v) is 25.8. The average molecular weight is 595 g/mol. The molecule has 6 aromatic carbocycles. The van der Waals surface area contributed by atoms with Gasteiger partial charge in [0, 0.05) is 11.1 Å². The predicted molar refractivity (Wildman–Crippen MR) is 184 cm³/mol. The number of methoxy groups -OCH3 is 1. The predicted octanol–water partition coefficient (Wildman–Crippen LogP) is 6.74. The van der Waals surface area contributed by atoms with Crippen LogP contribution in [0.3, 0.4) is 0 Å². The Morgan fingerprint density at radius 3 is 1.35 bits per heavy atom. The number of hydrogen-bond acceptors (Lipinski definition) is 2. The minimum Gasteiger partial charge on any atom is -0.496 e. The van der Waals surface area contributed by atoms with Crippen LogP contribution in [0, 0.1) is 0 Å². The second-order valence-electron chi connectivity index (χ2n) is 10.5. The van der Waals surface area contributed by atoms with Crippen molar-refractivity contribution in [2.45, 2.75) is 5.92 Å². The van der Waals surface area contributed by atoms with Gasteiger partial charge in [0.05, 0.1) is 19.6 Å². The normalized spacial score (nSPS) is 14.0. The smallest absolute Gasteiger partial charge is 0.123 e. The fourth-order valence-electron chi connectivity index (χ4n) is 6.11. The first-order valence-corrected chi connectivity index (χ1v) is 17.2. The van der Waals surface area contributed by atoms with Crippen molar-refractivity contribution in [3.05, 3.63) is 169 Å². The third-order valence-corrected chi connectivity index (χ3v) is 12.9. The summed E-state index contributed by atoms with van der Waals surface area (Å²) in [4.78, 5) is 0. The van der Waals surface area contributed by atoms with E-state index in [1.165, 1.54) is 43.0 Å². The summed E-state index contributed by atoms with van der Waals surface area (Å²) in [6.07, 6.45) is 0. The molecule has 0 saturated heterocycles. The summed E-state index contributed by atoms with van der Waals surface area (Å²) in [5.41, 5.74) is 2.51. The number of rotatable bonds is 8. The van der Waals surface area contributed by atoms with E-state index < -0.39 is 15.8 Å². The van der Waals surface area contributed by atoms with E-state index in [-0.39, 0.29) is 5.92 Å². The van der Waals surface area contributed by atoms with Gasteiger partial charge < -0.3 is 9.47 Å². The molecule has 0 fully saturated rings. The number of benzene rings is 6. The van der Waals surface area contributed by atoms with Gasteiger partial charge in [-0.1, -0.05) is 146 Å². The molecule has 1 aliphatic rings. The Bertz CT molecular complexity index is 1730. The third-order valence-electron chi connectivity index (χ3n) is 7.95. The lowest BCUT2D eigenvalue weighted by Crippen LogP contribution is -2.28. The topological polar surface area (TPSA) is 18.5 Å². The molecule has 43 heavy (non-hydrogen) atoms. The standard InChI is InChI=1S/C39H32O2P2/c1-40-34-24-14-26-36(42(29-16-6-2-7-17-29)30-18-8-3-9-19-30)38(34)33-28-41-35-25-15-27-37(39(33)35)43(31-20-10-4-11-21-31)32-22-12-5-13-23-32/h2-27,33H,28H2,1H3/t33-/m1/s1. The maximum atomic E-state index is 6.54. The molecule has 0 bridgehead atoms. The van der Waals surface area contributed by atoms with Crippen molar-refractivity contribution >= 4 is 47.7 Å². The van der Waals surface area contributed by atoms with Crippen molar-refractivity contribution < 1.29 is 9.47 Å². The zero-order valence-electron chi connectivity index (χ0n) is 24.0. The quantitative estimate of drug-likeness (QED) is 0.182. The molecule has 0 radical (unpaired) electrons.